The van der Waals surface area contributed by atoms with Gasteiger partial charge in [-0.05, 0) is 63.0 Å². The third-order valence-electron chi connectivity index (χ3n) is 5.57. The van der Waals surface area contributed by atoms with E-state index in [4.69, 9.17) is 9.15 Å². The number of aromatic carboxylic acids is 1. The van der Waals surface area contributed by atoms with Crippen molar-refractivity contribution >= 4 is 21.9 Å². The van der Waals surface area contributed by atoms with Gasteiger partial charge in [0.25, 0.3) is 6.01 Å². The molecule has 2 N–H and O–H groups in total. The first-order valence-corrected chi connectivity index (χ1v) is 11.2. The Morgan fingerprint density at radius 1 is 1.21 bits per heavy atom. The summed E-state index contributed by atoms with van der Waals surface area (Å²) in [5, 5.41) is 24.2. The number of hydrogen-bond acceptors (Lipinski definition) is 7. The van der Waals surface area contributed by atoms with Crippen LogP contribution in [0.5, 0.6) is 6.01 Å². The summed E-state index contributed by atoms with van der Waals surface area (Å²) in [6, 6.07) is 9.84. The molecule has 0 radical (unpaired) electrons. The highest BCUT2D eigenvalue weighted by Gasteiger charge is 2.29. The molecular formula is C23H19BrN6O4. The predicted molar refractivity (Wildman–Crippen MR) is 126 cm³/mol. The van der Waals surface area contributed by atoms with E-state index in [1.807, 2.05) is 37.3 Å². The molecule has 0 atom stereocenters. The highest BCUT2D eigenvalue weighted by molar-refractivity contribution is 9.10. The van der Waals surface area contributed by atoms with Crippen LogP contribution in [-0.2, 0) is 6.54 Å². The normalized spacial score (nSPS) is 11.3. The fourth-order valence-electron chi connectivity index (χ4n) is 4.19. The van der Waals surface area contributed by atoms with Crippen LogP contribution in [0.25, 0.3) is 33.6 Å². The van der Waals surface area contributed by atoms with Crippen molar-refractivity contribution in [3.8, 4) is 39.7 Å². The van der Waals surface area contributed by atoms with Gasteiger partial charge in [0.1, 0.15) is 0 Å². The molecule has 1 aliphatic heterocycles. The monoisotopic (exact) mass is 522 g/mol. The van der Waals surface area contributed by atoms with Gasteiger partial charge < -0.3 is 14.3 Å². The summed E-state index contributed by atoms with van der Waals surface area (Å²) in [4.78, 5) is 16.5. The number of rotatable bonds is 7. The minimum absolute atomic E-state index is 0.0770. The van der Waals surface area contributed by atoms with Crippen molar-refractivity contribution in [3.05, 3.63) is 64.3 Å². The molecule has 1 aliphatic carbocycles. The molecule has 2 aromatic heterocycles. The molecule has 3 heterocycles. The molecule has 0 saturated carbocycles. The Kier molecular flexibility index (Phi) is 5.62. The number of nitrogens with zero attached hydrogens (tertiary/aromatic N) is 5. The zero-order valence-corrected chi connectivity index (χ0v) is 19.8. The number of aromatic amines is 1. The lowest BCUT2D eigenvalue weighted by Crippen LogP contribution is -2.13. The van der Waals surface area contributed by atoms with Crippen LogP contribution in [0.15, 0.2) is 51.7 Å². The molecular weight excluding hydrogens is 504 g/mol. The van der Waals surface area contributed by atoms with Gasteiger partial charge in [-0.25, -0.2) is 9.89 Å². The third kappa shape index (κ3) is 3.54. The van der Waals surface area contributed by atoms with Gasteiger partial charge in [-0.2, -0.15) is 4.98 Å². The van der Waals surface area contributed by atoms with E-state index in [9.17, 15) is 9.90 Å². The van der Waals surface area contributed by atoms with E-state index in [1.165, 1.54) is 0 Å². The maximum atomic E-state index is 12.1. The molecule has 0 saturated heterocycles. The van der Waals surface area contributed by atoms with Crippen LogP contribution in [0.3, 0.4) is 0 Å². The van der Waals surface area contributed by atoms with E-state index in [-0.39, 0.29) is 18.2 Å². The van der Waals surface area contributed by atoms with Crippen molar-refractivity contribution in [2.24, 2.45) is 0 Å². The number of carbonyl (C=O) groups is 1. The molecule has 11 heteroatoms. The summed E-state index contributed by atoms with van der Waals surface area (Å²) in [6.45, 7) is 4.06. The van der Waals surface area contributed by atoms with Gasteiger partial charge in [-0.15, -0.1) is 5.10 Å². The topological polar surface area (TPSA) is 132 Å². The number of hydrogen-bond donors (Lipinski definition) is 2. The van der Waals surface area contributed by atoms with Crippen molar-refractivity contribution in [1.29, 1.82) is 0 Å². The second kappa shape index (κ2) is 8.75. The molecule has 10 nitrogen and oxygen atoms in total. The minimum atomic E-state index is -1.07. The molecule has 2 aliphatic rings. The fraction of sp³-hybridized carbons (Fsp3) is 0.174. The molecule has 0 unspecified atom stereocenters. The van der Waals surface area contributed by atoms with Gasteiger partial charge >= 0.3 is 5.97 Å². The number of ether oxygens (including phenoxy) is 1. The van der Waals surface area contributed by atoms with E-state index in [1.54, 1.807) is 24.0 Å². The van der Waals surface area contributed by atoms with Gasteiger partial charge in [0.05, 0.1) is 31.4 Å². The van der Waals surface area contributed by atoms with Gasteiger partial charge in [0.2, 0.25) is 0 Å². The summed E-state index contributed by atoms with van der Waals surface area (Å²) in [7, 11) is 0. The first-order chi connectivity index (χ1) is 16.5. The standard InChI is InChI=1S/C23H19BrN6O4/c1-3-34-23-25-12(2)20(22(31)32)30(23)10-16-13-8-9-33-11-17(13)19(24)18(16)14-6-4-5-7-15(14)21-26-28-29-27-21/h4-9,11H,3,10H2,1-2H3,(H,31,32)(H,26,27,28,29). The Balaban J connectivity index is 1.78. The Morgan fingerprint density at radius 3 is 2.71 bits per heavy atom. The van der Waals surface area contributed by atoms with E-state index >= 15 is 0 Å². The van der Waals surface area contributed by atoms with E-state index in [2.05, 4.69) is 41.5 Å². The second-order valence-corrected chi connectivity index (χ2v) is 8.29. The van der Waals surface area contributed by atoms with Crippen molar-refractivity contribution in [2.75, 3.05) is 6.61 Å². The number of tetrazole rings is 1. The highest BCUT2D eigenvalue weighted by Crippen LogP contribution is 2.48. The van der Waals surface area contributed by atoms with Crippen molar-refractivity contribution in [2.45, 2.75) is 20.4 Å². The average Bonchev–Trinajstić information content (AvgIpc) is 3.53. The summed E-state index contributed by atoms with van der Waals surface area (Å²) in [6.07, 6.45) is 3.25. The molecule has 3 aromatic rings. The molecule has 172 valence electrons. The minimum Gasteiger partial charge on any atom is -0.477 e. The number of benzene rings is 1. The van der Waals surface area contributed by atoms with Crippen molar-refractivity contribution in [3.63, 3.8) is 0 Å². The molecule has 0 amide bonds. The second-order valence-electron chi connectivity index (χ2n) is 7.50. The van der Waals surface area contributed by atoms with E-state index in [0.29, 0.717) is 18.1 Å². The molecule has 0 fully saturated rings. The van der Waals surface area contributed by atoms with Crippen LogP contribution >= 0.6 is 15.9 Å². The number of carboxylic acid groups (broad SMARTS) is 1. The van der Waals surface area contributed by atoms with Crippen molar-refractivity contribution in [1.82, 2.24) is 30.2 Å². The van der Waals surface area contributed by atoms with E-state index in [0.717, 1.165) is 37.9 Å². The van der Waals surface area contributed by atoms with Crippen LogP contribution in [-0.4, -0.2) is 47.9 Å². The SMILES string of the molecule is CCOc1nc(C)c(C(=O)O)n1Cc1c2ccocc-2c(Br)c1-c1ccccc1-c1nnn[nH]1. The number of carboxylic acids is 1. The quantitative estimate of drug-likeness (QED) is 0.315. The summed E-state index contributed by atoms with van der Waals surface area (Å²) in [5.41, 5.74) is 5.63. The molecule has 0 spiro atoms. The maximum absolute atomic E-state index is 12.1. The number of halogens is 1. The Bertz CT molecular complexity index is 1460. The summed E-state index contributed by atoms with van der Waals surface area (Å²) in [5.74, 6) is -0.557. The van der Waals surface area contributed by atoms with Crippen LogP contribution in [0.2, 0.25) is 0 Å². The number of nitrogens with one attached hydrogen (secondary N) is 1. The van der Waals surface area contributed by atoms with Crippen LogP contribution in [0.1, 0.15) is 28.7 Å². The lowest BCUT2D eigenvalue weighted by molar-refractivity contribution is 0.0683. The summed E-state index contributed by atoms with van der Waals surface area (Å²) >= 11 is 3.76. The van der Waals surface area contributed by atoms with Crippen LogP contribution in [0, 0.1) is 6.92 Å². The smallest absolute Gasteiger partial charge is 0.354 e. The fourth-order valence-corrected chi connectivity index (χ4v) is 4.95. The number of aromatic nitrogens is 6. The van der Waals surface area contributed by atoms with Gasteiger partial charge in [0.15, 0.2) is 11.5 Å². The molecule has 1 aromatic carbocycles. The van der Waals surface area contributed by atoms with Crippen LogP contribution < -0.4 is 4.74 Å². The number of imidazole rings is 1. The highest BCUT2D eigenvalue weighted by atomic mass is 79.9. The number of H-pyrrole nitrogens is 1. The molecule has 34 heavy (non-hydrogen) atoms. The maximum Gasteiger partial charge on any atom is 0.354 e. The van der Waals surface area contributed by atoms with Crippen molar-refractivity contribution < 1.29 is 19.1 Å². The molecule has 0 bridgehead atoms. The van der Waals surface area contributed by atoms with Gasteiger partial charge in [-0.3, -0.25) is 4.57 Å². The Labute approximate surface area is 202 Å². The van der Waals surface area contributed by atoms with Gasteiger partial charge in [0, 0.05) is 21.2 Å². The first kappa shape index (κ1) is 21.8. The number of aryl methyl sites for hydroxylation is 1. The van der Waals surface area contributed by atoms with Crippen LogP contribution in [0.4, 0.5) is 0 Å². The first-order valence-electron chi connectivity index (χ1n) is 10.4. The zero-order chi connectivity index (χ0) is 23.8. The molecule has 5 rings (SSSR count). The third-order valence-corrected chi connectivity index (χ3v) is 6.39. The Morgan fingerprint density at radius 2 is 2.00 bits per heavy atom. The zero-order valence-electron chi connectivity index (χ0n) is 18.2. The number of fused-ring (bicyclic) bond motifs is 1. The lowest BCUT2D eigenvalue weighted by Gasteiger charge is -2.14. The Hall–Kier alpha value is -3.99. The lowest BCUT2D eigenvalue weighted by atomic mass is 9.97. The van der Waals surface area contributed by atoms with Gasteiger partial charge in [-0.1, -0.05) is 24.3 Å². The van der Waals surface area contributed by atoms with E-state index < -0.39 is 5.97 Å². The predicted octanol–water partition coefficient (Wildman–Crippen LogP) is 4.64. The average molecular weight is 523 g/mol. The summed E-state index contributed by atoms with van der Waals surface area (Å²) < 4.78 is 13.6. The largest absolute Gasteiger partial charge is 0.477 e.